The highest BCUT2D eigenvalue weighted by Gasteiger charge is 2.35. The number of nitrogens with one attached hydrogen (secondary N) is 3. The topological polar surface area (TPSA) is 117 Å². The van der Waals surface area contributed by atoms with Crippen molar-refractivity contribution in [2.45, 2.75) is 32.7 Å². The summed E-state index contributed by atoms with van der Waals surface area (Å²) in [5.74, 6) is -1.86. The average Bonchev–Trinajstić information content (AvgIpc) is 2.73. The van der Waals surface area contributed by atoms with Gasteiger partial charge >= 0.3 is 0 Å². The van der Waals surface area contributed by atoms with Gasteiger partial charge in [0.05, 0.1) is 25.0 Å². The maximum Gasteiger partial charge on any atom is 0.248 e. The van der Waals surface area contributed by atoms with Crippen LogP contribution >= 0.6 is 11.8 Å². The van der Waals surface area contributed by atoms with Crippen LogP contribution in [0.5, 0.6) is 5.75 Å². The van der Waals surface area contributed by atoms with E-state index in [1.54, 1.807) is 19.6 Å². The number of methoxy groups -OCH3 is 1. The van der Waals surface area contributed by atoms with E-state index in [0.29, 0.717) is 18.6 Å². The molecule has 0 heterocycles. The molecule has 0 spiro atoms. The van der Waals surface area contributed by atoms with E-state index < -0.39 is 35.6 Å². The minimum absolute atomic E-state index is 0.131. The Labute approximate surface area is 182 Å². The van der Waals surface area contributed by atoms with E-state index in [9.17, 15) is 14.4 Å². The molecule has 30 heavy (non-hydrogen) atoms. The lowest BCUT2D eigenvalue weighted by atomic mass is 9.85. The first-order chi connectivity index (χ1) is 14.3. The third-order valence-electron chi connectivity index (χ3n) is 4.85. The molecule has 9 heteroatoms. The number of rotatable bonds is 12. The number of ether oxygens (including phenoxy) is 1. The molecule has 2 unspecified atom stereocenters. The van der Waals surface area contributed by atoms with Gasteiger partial charge in [-0.05, 0) is 49.8 Å². The van der Waals surface area contributed by atoms with Gasteiger partial charge in [-0.2, -0.15) is 11.8 Å². The second-order valence-electron chi connectivity index (χ2n) is 7.52. The van der Waals surface area contributed by atoms with Gasteiger partial charge in [0.15, 0.2) is 0 Å². The number of hydrogen-bond acceptors (Lipinski definition) is 7. The summed E-state index contributed by atoms with van der Waals surface area (Å²) >= 11 is 1.40. The third kappa shape index (κ3) is 7.97. The lowest BCUT2D eigenvalue weighted by Crippen LogP contribution is -2.50. The number of thioether (sulfide) groups is 1. The van der Waals surface area contributed by atoms with Crippen LogP contribution in [0, 0.1) is 17.8 Å². The summed E-state index contributed by atoms with van der Waals surface area (Å²) in [5, 5.41) is 14.5. The Balaban J connectivity index is 2.92. The highest BCUT2D eigenvalue weighted by atomic mass is 32.2. The third-order valence-corrected chi connectivity index (χ3v) is 5.54. The molecule has 0 saturated heterocycles. The summed E-state index contributed by atoms with van der Waals surface area (Å²) in [5.41, 5.74) is 2.56. The van der Waals surface area contributed by atoms with E-state index in [1.165, 1.54) is 11.8 Å². The zero-order chi connectivity index (χ0) is 22.7. The van der Waals surface area contributed by atoms with Crippen molar-refractivity contribution in [1.29, 1.82) is 0 Å². The molecule has 0 aromatic heterocycles. The summed E-state index contributed by atoms with van der Waals surface area (Å²) in [6, 6.07) is 6.72. The lowest BCUT2D eigenvalue weighted by molar-refractivity contribution is -0.142. The highest BCUT2D eigenvalue weighted by molar-refractivity contribution is 7.98. The molecule has 168 valence electrons. The Morgan fingerprint density at radius 3 is 2.17 bits per heavy atom. The molecular formula is C21H33N3O5S. The van der Waals surface area contributed by atoms with Crippen molar-refractivity contribution in [3.05, 3.63) is 29.8 Å². The minimum atomic E-state index is -0.741. The van der Waals surface area contributed by atoms with Gasteiger partial charge in [-0.15, -0.1) is 0 Å². The molecule has 0 aliphatic rings. The van der Waals surface area contributed by atoms with Crippen molar-refractivity contribution in [2.24, 2.45) is 17.8 Å². The first-order valence-electron chi connectivity index (χ1n) is 9.85. The Morgan fingerprint density at radius 2 is 1.70 bits per heavy atom. The predicted octanol–water partition coefficient (Wildman–Crippen LogP) is 1.62. The van der Waals surface area contributed by atoms with E-state index in [2.05, 4.69) is 10.6 Å². The van der Waals surface area contributed by atoms with Crippen molar-refractivity contribution < 1.29 is 24.3 Å². The molecule has 0 saturated carbocycles. The molecule has 0 fully saturated rings. The van der Waals surface area contributed by atoms with Gasteiger partial charge in [-0.25, -0.2) is 5.48 Å². The molecule has 1 aromatic carbocycles. The molecule has 3 atom stereocenters. The van der Waals surface area contributed by atoms with Gasteiger partial charge in [0.1, 0.15) is 5.75 Å². The Kier molecular flexibility index (Phi) is 11.5. The SMILES string of the molecule is CN[C@@H](Cc1ccc(OC)cc1)C(=O)NC(=O)C(CC(C)C)C(CSC)C(=O)NO. The second kappa shape index (κ2) is 13.3. The fourth-order valence-electron chi connectivity index (χ4n) is 3.22. The van der Waals surface area contributed by atoms with Crippen LogP contribution in [0.2, 0.25) is 0 Å². The van der Waals surface area contributed by atoms with Gasteiger partial charge in [-0.3, -0.25) is 24.9 Å². The molecule has 0 bridgehead atoms. The molecule has 8 nitrogen and oxygen atoms in total. The number of hydroxylamine groups is 1. The van der Waals surface area contributed by atoms with Crippen LogP contribution in [-0.4, -0.2) is 55.1 Å². The van der Waals surface area contributed by atoms with Crippen LogP contribution in [-0.2, 0) is 20.8 Å². The maximum absolute atomic E-state index is 12.9. The van der Waals surface area contributed by atoms with Crippen molar-refractivity contribution in [1.82, 2.24) is 16.1 Å². The van der Waals surface area contributed by atoms with Gasteiger partial charge in [0.25, 0.3) is 0 Å². The normalized spacial score (nSPS) is 14.0. The Bertz CT molecular complexity index is 696. The quantitative estimate of drug-likeness (QED) is 0.289. The number of carbonyl (C=O) groups is 3. The number of carbonyl (C=O) groups excluding carboxylic acids is 3. The first kappa shape index (κ1) is 25.9. The molecule has 1 rings (SSSR count). The number of hydrogen-bond donors (Lipinski definition) is 4. The fourth-order valence-corrected chi connectivity index (χ4v) is 3.97. The molecular weight excluding hydrogens is 406 g/mol. The number of amides is 3. The van der Waals surface area contributed by atoms with Crippen molar-refractivity contribution in [3.63, 3.8) is 0 Å². The standard InChI is InChI=1S/C21H33N3O5S/c1-13(2)10-16(17(12-30-5)20(26)24-28)19(25)23-21(27)18(22-3)11-14-6-8-15(29-4)9-7-14/h6-9,13,16-18,22,28H,10-12H2,1-5H3,(H,24,26)(H,23,25,27)/t16?,17?,18-/m0/s1. The monoisotopic (exact) mass is 439 g/mol. The summed E-state index contributed by atoms with van der Waals surface area (Å²) in [6.45, 7) is 3.88. The molecule has 4 N–H and O–H groups in total. The van der Waals surface area contributed by atoms with Crippen LogP contribution in [0.1, 0.15) is 25.8 Å². The van der Waals surface area contributed by atoms with Gasteiger partial charge in [-0.1, -0.05) is 26.0 Å². The zero-order valence-corrected chi connectivity index (χ0v) is 19.0. The summed E-state index contributed by atoms with van der Waals surface area (Å²) < 4.78 is 5.14. The van der Waals surface area contributed by atoms with Gasteiger partial charge in [0.2, 0.25) is 17.7 Å². The maximum atomic E-state index is 12.9. The van der Waals surface area contributed by atoms with Crippen LogP contribution in [0.15, 0.2) is 24.3 Å². The second-order valence-corrected chi connectivity index (χ2v) is 8.43. The van der Waals surface area contributed by atoms with E-state index in [-0.39, 0.29) is 5.92 Å². The van der Waals surface area contributed by atoms with Crippen molar-refractivity contribution >= 4 is 29.5 Å². The van der Waals surface area contributed by atoms with Gasteiger partial charge < -0.3 is 10.1 Å². The molecule has 0 aliphatic heterocycles. The largest absolute Gasteiger partial charge is 0.497 e. The highest BCUT2D eigenvalue weighted by Crippen LogP contribution is 2.24. The van der Waals surface area contributed by atoms with Crippen LogP contribution in [0.25, 0.3) is 0 Å². The van der Waals surface area contributed by atoms with Crippen LogP contribution < -0.4 is 20.9 Å². The van der Waals surface area contributed by atoms with Crippen molar-refractivity contribution in [2.75, 3.05) is 26.2 Å². The lowest BCUT2D eigenvalue weighted by Gasteiger charge is -2.26. The van der Waals surface area contributed by atoms with Crippen molar-refractivity contribution in [3.8, 4) is 5.75 Å². The van der Waals surface area contributed by atoms with Gasteiger partial charge in [0, 0.05) is 5.75 Å². The van der Waals surface area contributed by atoms with E-state index >= 15 is 0 Å². The summed E-state index contributed by atoms with van der Waals surface area (Å²) in [4.78, 5) is 37.8. The molecule has 1 aromatic rings. The number of benzene rings is 1. The number of imide groups is 1. The van der Waals surface area contributed by atoms with E-state index in [0.717, 1.165) is 11.3 Å². The molecule has 0 radical (unpaired) electrons. The Morgan fingerprint density at radius 1 is 1.07 bits per heavy atom. The fraction of sp³-hybridized carbons (Fsp3) is 0.571. The molecule has 3 amide bonds. The van der Waals surface area contributed by atoms with Crippen LogP contribution in [0.3, 0.4) is 0 Å². The van der Waals surface area contributed by atoms with Crippen LogP contribution in [0.4, 0.5) is 0 Å². The first-order valence-corrected chi connectivity index (χ1v) is 11.2. The minimum Gasteiger partial charge on any atom is -0.497 e. The smallest absolute Gasteiger partial charge is 0.248 e. The zero-order valence-electron chi connectivity index (χ0n) is 18.2. The molecule has 0 aliphatic carbocycles. The Hall–Kier alpha value is -2.10. The summed E-state index contributed by atoms with van der Waals surface area (Å²) in [7, 11) is 3.24. The summed E-state index contributed by atoms with van der Waals surface area (Å²) in [6.07, 6.45) is 2.62. The predicted molar refractivity (Wildman–Crippen MR) is 117 cm³/mol. The van der Waals surface area contributed by atoms with E-state index in [1.807, 2.05) is 44.4 Å². The average molecular weight is 440 g/mol. The number of likely N-dealkylation sites (N-methyl/N-ethyl adjacent to an activating group) is 1. The van der Waals surface area contributed by atoms with E-state index in [4.69, 9.17) is 9.94 Å².